The molecule has 5 heteroatoms. The predicted octanol–water partition coefficient (Wildman–Crippen LogP) is 5.89. The number of fused-ring (bicyclic) bond motifs is 4. The molecule has 12 atom stereocenters. The molecule has 6 rings (SSSR count). The van der Waals surface area contributed by atoms with Crippen molar-refractivity contribution in [3.8, 4) is 0 Å². The maximum atomic E-state index is 12.2. The second-order valence-electron chi connectivity index (χ2n) is 15.6. The molecule has 0 aromatic rings. The Morgan fingerprint density at radius 2 is 1.70 bits per heavy atom. The molecule has 1 heterocycles. The summed E-state index contributed by atoms with van der Waals surface area (Å²) in [5.74, 6) is 3.15. The van der Waals surface area contributed by atoms with E-state index in [1.165, 1.54) is 32.1 Å². The van der Waals surface area contributed by atoms with Crippen LogP contribution in [0.5, 0.6) is 0 Å². The lowest BCUT2D eigenvalue weighted by atomic mass is 9.46. The molecule has 0 aromatic carbocycles. The number of carbonyl (C=O) groups excluding carboxylic acids is 1. The summed E-state index contributed by atoms with van der Waals surface area (Å²) in [7, 11) is 0. The van der Waals surface area contributed by atoms with Crippen LogP contribution in [0.15, 0.2) is 0 Å². The van der Waals surface area contributed by atoms with Gasteiger partial charge in [0.15, 0.2) is 6.10 Å². The number of carbonyl (C=O) groups is 1. The molecule has 1 saturated heterocycles. The molecule has 5 unspecified atom stereocenters. The van der Waals surface area contributed by atoms with Crippen LogP contribution in [0.25, 0.3) is 0 Å². The van der Waals surface area contributed by atoms with Crippen LogP contribution in [0.3, 0.4) is 0 Å². The number of ether oxygens (including phenoxy) is 2. The van der Waals surface area contributed by atoms with Crippen LogP contribution < -0.4 is 0 Å². The molecule has 5 saturated carbocycles. The van der Waals surface area contributed by atoms with Crippen LogP contribution in [-0.4, -0.2) is 46.2 Å². The Bertz CT molecular complexity index is 938. The molecule has 0 bridgehead atoms. The van der Waals surface area contributed by atoms with Crippen molar-refractivity contribution in [2.75, 3.05) is 0 Å². The van der Waals surface area contributed by atoms with Gasteiger partial charge in [0.05, 0.1) is 23.9 Å². The summed E-state index contributed by atoms with van der Waals surface area (Å²) in [6, 6.07) is 0. The smallest absolute Gasteiger partial charge is 0.305 e. The largest absolute Gasteiger partial charge is 0.457 e. The van der Waals surface area contributed by atoms with Gasteiger partial charge in [0.2, 0.25) is 0 Å². The molecule has 5 nitrogen and oxygen atoms in total. The number of aliphatic hydroxyl groups excluding tert-OH is 1. The van der Waals surface area contributed by atoms with Crippen molar-refractivity contribution < 1.29 is 24.5 Å². The van der Waals surface area contributed by atoms with Gasteiger partial charge in [0, 0.05) is 6.42 Å². The monoisotopic (exact) mass is 516 g/mol. The standard InChI is InChI=1S/C32H52O5/c1-8-26(34)37-27(29(5,6)35)22-11-9-20-23(36-22)17-21-19-10-12-24-28(3,4)25(33)13-14-32(24)18(2)31(19,32)16-15-30(20,21)7/h18-25,27,33,35H,8-17H2,1-7H3/t18-,19-,20?,21?,22+,23?,24?,25-,27-,30+,31-,32?/m0/s1. The molecule has 0 aromatic heterocycles. The van der Waals surface area contributed by atoms with Crippen molar-refractivity contribution in [1.82, 2.24) is 0 Å². The number of rotatable bonds is 4. The fraction of sp³-hybridized carbons (Fsp3) is 0.969. The van der Waals surface area contributed by atoms with E-state index < -0.39 is 11.7 Å². The van der Waals surface area contributed by atoms with Gasteiger partial charge in [-0.15, -0.1) is 0 Å². The number of aliphatic hydroxyl groups is 2. The summed E-state index contributed by atoms with van der Waals surface area (Å²) in [5.41, 5.74) is 0.0854. The first kappa shape index (κ1) is 26.6. The Morgan fingerprint density at radius 3 is 2.38 bits per heavy atom. The number of hydrogen-bond donors (Lipinski definition) is 2. The zero-order chi connectivity index (χ0) is 26.8. The van der Waals surface area contributed by atoms with Gasteiger partial charge in [0.25, 0.3) is 0 Å². The van der Waals surface area contributed by atoms with Crippen molar-refractivity contribution in [3.63, 3.8) is 0 Å². The third-order valence-corrected chi connectivity index (χ3v) is 13.9. The van der Waals surface area contributed by atoms with E-state index in [1.807, 2.05) is 0 Å². The van der Waals surface area contributed by atoms with Crippen LogP contribution in [0.2, 0.25) is 0 Å². The number of esters is 1. The lowest BCUT2D eigenvalue weighted by molar-refractivity contribution is -0.201. The topological polar surface area (TPSA) is 76.0 Å². The highest BCUT2D eigenvalue weighted by atomic mass is 16.6. The quantitative estimate of drug-likeness (QED) is 0.456. The van der Waals surface area contributed by atoms with E-state index in [0.717, 1.165) is 37.5 Å². The summed E-state index contributed by atoms with van der Waals surface area (Å²) < 4.78 is 12.6. The molecule has 2 spiro atoms. The molecule has 5 aliphatic carbocycles. The molecule has 210 valence electrons. The summed E-state index contributed by atoms with van der Waals surface area (Å²) in [6.45, 7) is 15.1. The van der Waals surface area contributed by atoms with Crippen LogP contribution in [-0.2, 0) is 14.3 Å². The second-order valence-corrected chi connectivity index (χ2v) is 15.6. The fourth-order valence-corrected chi connectivity index (χ4v) is 12.1. The highest BCUT2D eigenvalue weighted by Crippen LogP contribution is 2.89. The van der Waals surface area contributed by atoms with E-state index in [4.69, 9.17) is 9.47 Å². The van der Waals surface area contributed by atoms with Crippen molar-refractivity contribution in [3.05, 3.63) is 0 Å². The minimum atomic E-state index is -1.13. The highest BCUT2D eigenvalue weighted by Gasteiger charge is 2.84. The van der Waals surface area contributed by atoms with Gasteiger partial charge in [-0.3, -0.25) is 4.79 Å². The molecular weight excluding hydrogens is 464 g/mol. The Hall–Kier alpha value is -0.650. The molecule has 6 fully saturated rings. The van der Waals surface area contributed by atoms with Gasteiger partial charge in [0.1, 0.15) is 0 Å². The Morgan fingerprint density at radius 1 is 1.00 bits per heavy atom. The van der Waals surface area contributed by atoms with Gasteiger partial charge >= 0.3 is 5.97 Å². The Labute approximate surface area is 224 Å². The van der Waals surface area contributed by atoms with E-state index in [9.17, 15) is 15.0 Å². The average Bonchev–Trinajstić information content (AvgIpc) is 3.21. The lowest BCUT2D eigenvalue weighted by Gasteiger charge is -2.59. The van der Waals surface area contributed by atoms with Gasteiger partial charge in [-0.1, -0.05) is 34.6 Å². The molecule has 1 aliphatic heterocycles. The van der Waals surface area contributed by atoms with Gasteiger partial charge in [-0.2, -0.15) is 0 Å². The van der Waals surface area contributed by atoms with Crippen molar-refractivity contribution >= 4 is 5.97 Å². The Kier molecular flexibility index (Phi) is 5.88. The summed E-state index contributed by atoms with van der Waals surface area (Å²) >= 11 is 0. The second kappa shape index (κ2) is 8.19. The summed E-state index contributed by atoms with van der Waals surface area (Å²) in [6.07, 6.45) is 9.93. The minimum Gasteiger partial charge on any atom is -0.457 e. The molecule has 2 N–H and O–H groups in total. The van der Waals surface area contributed by atoms with E-state index in [2.05, 4.69) is 27.7 Å². The van der Waals surface area contributed by atoms with Crippen LogP contribution >= 0.6 is 0 Å². The van der Waals surface area contributed by atoms with Crippen LogP contribution in [0.4, 0.5) is 0 Å². The zero-order valence-corrected chi connectivity index (χ0v) is 24.4. The van der Waals surface area contributed by atoms with E-state index in [1.54, 1.807) is 20.8 Å². The SMILES string of the molecule is CCC(=O)O[C@@H]([C@H]1CCC2C(CC3[C@@H]4CCC5C(C)(C)[C@@H](O)CCC56[C@@H](C)[C@@]46CC[C@]23C)O1)C(C)(C)O. The zero-order valence-electron chi connectivity index (χ0n) is 24.4. The average molecular weight is 517 g/mol. The van der Waals surface area contributed by atoms with Gasteiger partial charge in [-0.25, -0.2) is 0 Å². The summed E-state index contributed by atoms with van der Waals surface area (Å²) in [5, 5.41) is 21.8. The van der Waals surface area contributed by atoms with Gasteiger partial charge in [-0.05, 0) is 123 Å². The molecule has 0 radical (unpaired) electrons. The van der Waals surface area contributed by atoms with E-state index >= 15 is 0 Å². The normalized spacial score (nSPS) is 52.6. The maximum Gasteiger partial charge on any atom is 0.305 e. The lowest BCUT2D eigenvalue weighted by Crippen LogP contribution is -2.54. The van der Waals surface area contributed by atoms with E-state index in [0.29, 0.717) is 40.4 Å². The molecule has 0 amide bonds. The minimum absolute atomic E-state index is 0.0176. The predicted molar refractivity (Wildman–Crippen MR) is 143 cm³/mol. The first-order chi connectivity index (χ1) is 17.2. The van der Waals surface area contributed by atoms with Crippen molar-refractivity contribution in [2.24, 2.45) is 51.2 Å². The fourth-order valence-electron chi connectivity index (χ4n) is 12.1. The third-order valence-electron chi connectivity index (χ3n) is 13.9. The summed E-state index contributed by atoms with van der Waals surface area (Å²) in [4.78, 5) is 12.2. The Balaban J connectivity index is 1.26. The van der Waals surface area contributed by atoms with E-state index in [-0.39, 0.29) is 29.7 Å². The van der Waals surface area contributed by atoms with Crippen LogP contribution in [0, 0.1) is 51.2 Å². The highest BCUT2D eigenvalue weighted by molar-refractivity contribution is 5.69. The van der Waals surface area contributed by atoms with Crippen molar-refractivity contribution in [2.45, 2.75) is 143 Å². The first-order valence-corrected chi connectivity index (χ1v) is 15.5. The van der Waals surface area contributed by atoms with Crippen molar-refractivity contribution in [1.29, 1.82) is 0 Å². The molecule has 6 aliphatic rings. The maximum absolute atomic E-state index is 12.2. The van der Waals surface area contributed by atoms with Crippen LogP contribution in [0.1, 0.15) is 113 Å². The molecular formula is C32H52O5. The number of hydrogen-bond acceptors (Lipinski definition) is 5. The first-order valence-electron chi connectivity index (χ1n) is 15.5. The van der Waals surface area contributed by atoms with Gasteiger partial charge < -0.3 is 19.7 Å². The molecule has 37 heavy (non-hydrogen) atoms. The third kappa shape index (κ3) is 3.29.